The first-order chi connectivity index (χ1) is 9.63. The molecule has 2 heterocycles. The van der Waals surface area contributed by atoms with Gasteiger partial charge in [0.2, 0.25) is 5.91 Å². The summed E-state index contributed by atoms with van der Waals surface area (Å²) in [6, 6.07) is 2.89. The highest BCUT2D eigenvalue weighted by molar-refractivity contribution is 5.95. The fourth-order valence-electron chi connectivity index (χ4n) is 2.56. The molecule has 0 radical (unpaired) electrons. The zero-order valence-electron chi connectivity index (χ0n) is 11.9. The van der Waals surface area contributed by atoms with Crippen LogP contribution >= 0.6 is 0 Å². The molecule has 6 nitrogen and oxygen atoms in total. The first-order valence-electron chi connectivity index (χ1n) is 6.93. The molecular formula is C14H21N3O3. The fraction of sp³-hybridized carbons (Fsp3) is 0.571. The quantitative estimate of drug-likeness (QED) is 0.828. The van der Waals surface area contributed by atoms with Gasteiger partial charge in [0.1, 0.15) is 6.04 Å². The number of hydrogen-bond acceptors (Lipinski definition) is 4. The second-order valence-electron chi connectivity index (χ2n) is 5.06. The molecule has 2 amide bonds. The topological polar surface area (TPSA) is 74.6 Å². The summed E-state index contributed by atoms with van der Waals surface area (Å²) in [5.41, 5.74) is 0. The molecule has 0 aromatic carbocycles. The van der Waals surface area contributed by atoms with Crippen LogP contribution in [0.4, 0.5) is 0 Å². The van der Waals surface area contributed by atoms with Crippen molar-refractivity contribution >= 4 is 11.8 Å². The van der Waals surface area contributed by atoms with Crippen LogP contribution in [-0.4, -0.2) is 48.9 Å². The Labute approximate surface area is 118 Å². The molecule has 0 saturated carbocycles. The first-order valence-corrected chi connectivity index (χ1v) is 6.93. The summed E-state index contributed by atoms with van der Waals surface area (Å²) in [4.78, 5) is 26.1. The van der Waals surface area contributed by atoms with Crippen molar-refractivity contribution in [3.05, 3.63) is 24.2 Å². The molecule has 2 unspecified atom stereocenters. The smallest absolute Gasteiger partial charge is 0.287 e. The monoisotopic (exact) mass is 279 g/mol. The lowest BCUT2D eigenvalue weighted by Gasteiger charge is -2.27. The zero-order chi connectivity index (χ0) is 14.5. The van der Waals surface area contributed by atoms with E-state index in [2.05, 4.69) is 10.6 Å². The van der Waals surface area contributed by atoms with Gasteiger partial charge in [-0.25, -0.2) is 0 Å². The van der Waals surface area contributed by atoms with E-state index in [0.29, 0.717) is 0 Å². The SMILES string of the molecule is CNCC1CCCN1C(=O)C(C)NC(=O)c1ccco1. The number of rotatable bonds is 5. The van der Waals surface area contributed by atoms with Crippen molar-refractivity contribution in [1.29, 1.82) is 0 Å². The van der Waals surface area contributed by atoms with Crippen molar-refractivity contribution in [1.82, 2.24) is 15.5 Å². The normalized spacial score (nSPS) is 19.9. The van der Waals surface area contributed by atoms with E-state index in [1.54, 1.807) is 19.1 Å². The van der Waals surface area contributed by atoms with Crippen LogP contribution in [0.3, 0.4) is 0 Å². The summed E-state index contributed by atoms with van der Waals surface area (Å²) in [7, 11) is 1.88. The minimum Gasteiger partial charge on any atom is -0.459 e. The number of nitrogens with one attached hydrogen (secondary N) is 2. The van der Waals surface area contributed by atoms with Crippen LogP contribution in [-0.2, 0) is 4.79 Å². The highest BCUT2D eigenvalue weighted by atomic mass is 16.3. The van der Waals surface area contributed by atoms with E-state index >= 15 is 0 Å². The third-order valence-electron chi connectivity index (χ3n) is 3.56. The van der Waals surface area contributed by atoms with E-state index in [0.717, 1.165) is 25.9 Å². The maximum atomic E-state index is 12.4. The molecule has 110 valence electrons. The van der Waals surface area contributed by atoms with Crippen molar-refractivity contribution in [2.75, 3.05) is 20.1 Å². The molecule has 20 heavy (non-hydrogen) atoms. The lowest BCUT2D eigenvalue weighted by atomic mass is 10.2. The molecule has 6 heteroatoms. The van der Waals surface area contributed by atoms with Gasteiger partial charge in [0, 0.05) is 19.1 Å². The molecule has 1 saturated heterocycles. The van der Waals surface area contributed by atoms with Gasteiger partial charge < -0.3 is 20.0 Å². The fourth-order valence-corrected chi connectivity index (χ4v) is 2.56. The summed E-state index contributed by atoms with van der Waals surface area (Å²) < 4.78 is 5.01. The van der Waals surface area contributed by atoms with Gasteiger partial charge in [-0.05, 0) is 38.9 Å². The van der Waals surface area contributed by atoms with E-state index in [-0.39, 0.29) is 23.6 Å². The number of furan rings is 1. The Kier molecular flexibility index (Phi) is 4.79. The Balaban J connectivity index is 1.93. The third kappa shape index (κ3) is 3.19. The van der Waals surface area contributed by atoms with Crippen LogP contribution < -0.4 is 10.6 Å². The highest BCUT2D eigenvalue weighted by Gasteiger charge is 2.31. The van der Waals surface area contributed by atoms with Crippen LogP contribution in [0, 0.1) is 0 Å². The summed E-state index contributed by atoms with van der Waals surface area (Å²) in [6.07, 6.45) is 3.45. The number of carbonyl (C=O) groups is 2. The largest absolute Gasteiger partial charge is 0.459 e. The molecule has 2 rings (SSSR count). The average molecular weight is 279 g/mol. The van der Waals surface area contributed by atoms with Gasteiger partial charge in [0.25, 0.3) is 5.91 Å². The van der Waals surface area contributed by atoms with Crippen molar-refractivity contribution < 1.29 is 14.0 Å². The standard InChI is InChI=1S/C14H21N3O3/c1-10(16-13(18)12-6-4-8-20-12)14(19)17-7-3-5-11(17)9-15-2/h4,6,8,10-11,15H,3,5,7,9H2,1-2H3,(H,16,18). The van der Waals surface area contributed by atoms with Crippen molar-refractivity contribution in [3.8, 4) is 0 Å². The van der Waals surface area contributed by atoms with Crippen molar-refractivity contribution in [2.45, 2.75) is 31.8 Å². The van der Waals surface area contributed by atoms with Crippen LogP contribution in [0.15, 0.2) is 22.8 Å². The summed E-state index contributed by atoms with van der Waals surface area (Å²) in [5.74, 6) is -0.180. The van der Waals surface area contributed by atoms with Crippen LogP contribution in [0.1, 0.15) is 30.3 Å². The predicted molar refractivity (Wildman–Crippen MR) is 74.3 cm³/mol. The number of likely N-dealkylation sites (tertiary alicyclic amines) is 1. The molecule has 1 aromatic rings. The minimum atomic E-state index is -0.551. The maximum Gasteiger partial charge on any atom is 0.287 e. The minimum absolute atomic E-state index is 0.0392. The van der Waals surface area contributed by atoms with Crippen LogP contribution in [0.2, 0.25) is 0 Å². The van der Waals surface area contributed by atoms with Gasteiger partial charge in [0.05, 0.1) is 6.26 Å². The molecule has 1 fully saturated rings. The Morgan fingerprint density at radius 3 is 3.00 bits per heavy atom. The van der Waals surface area contributed by atoms with E-state index in [1.165, 1.54) is 6.26 Å². The summed E-state index contributed by atoms with van der Waals surface area (Å²) >= 11 is 0. The number of nitrogens with zero attached hydrogens (tertiary/aromatic N) is 1. The number of likely N-dealkylation sites (N-methyl/N-ethyl adjacent to an activating group) is 1. The van der Waals surface area contributed by atoms with E-state index in [1.807, 2.05) is 11.9 Å². The second-order valence-corrected chi connectivity index (χ2v) is 5.06. The zero-order valence-corrected chi connectivity index (χ0v) is 11.9. The number of hydrogen-bond donors (Lipinski definition) is 2. The van der Waals surface area contributed by atoms with Crippen molar-refractivity contribution in [3.63, 3.8) is 0 Å². The van der Waals surface area contributed by atoms with Gasteiger partial charge in [-0.3, -0.25) is 9.59 Å². The molecule has 2 atom stereocenters. The van der Waals surface area contributed by atoms with E-state index < -0.39 is 6.04 Å². The van der Waals surface area contributed by atoms with Gasteiger partial charge in [-0.15, -0.1) is 0 Å². The lowest BCUT2D eigenvalue weighted by Crippen LogP contribution is -2.50. The molecule has 1 aromatic heterocycles. The van der Waals surface area contributed by atoms with Gasteiger partial charge in [-0.1, -0.05) is 0 Å². The van der Waals surface area contributed by atoms with Crippen LogP contribution in [0.25, 0.3) is 0 Å². The lowest BCUT2D eigenvalue weighted by molar-refractivity contribution is -0.133. The number of amides is 2. The average Bonchev–Trinajstić information content (AvgIpc) is 3.09. The summed E-state index contributed by atoms with van der Waals surface area (Å²) in [6.45, 7) is 3.24. The second kappa shape index (κ2) is 6.56. The molecular weight excluding hydrogens is 258 g/mol. The van der Waals surface area contributed by atoms with E-state index in [4.69, 9.17) is 4.42 Å². The van der Waals surface area contributed by atoms with Gasteiger partial charge in [-0.2, -0.15) is 0 Å². The van der Waals surface area contributed by atoms with Gasteiger partial charge >= 0.3 is 0 Å². The highest BCUT2D eigenvalue weighted by Crippen LogP contribution is 2.17. The first kappa shape index (κ1) is 14.6. The molecule has 1 aliphatic rings. The predicted octanol–water partition coefficient (Wildman–Crippen LogP) is 0.608. The molecule has 1 aliphatic heterocycles. The van der Waals surface area contributed by atoms with Crippen LogP contribution in [0.5, 0.6) is 0 Å². The Morgan fingerprint density at radius 1 is 1.55 bits per heavy atom. The Morgan fingerprint density at radius 2 is 2.35 bits per heavy atom. The van der Waals surface area contributed by atoms with E-state index in [9.17, 15) is 9.59 Å². The molecule has 2 N–H and O–H groups in total. The summed E-state index contributed by atoms with van der Waals surface area (Å²) in [5, 5.41) is 5.78. The molecule has 0 bridgehead atoms. The number of carbonyl (C=O) groups excluding carboxylic acids is 2. The Bertz CT molecular complexity index is 458. The molecule has 0 aliphatic carbocycles. The Hall–Kier alpha value is -1.82. The van der Waals surface area contributed by atoms with Crippen molar-refractivity contribution in [2.24, 2.45) is 0 Å². The van der Waals surface area contributed by atoms with Gasteiger partial charge in [0.15, 0.2) is 5.76 Å². The third-order valence-corrected chi connectivity index (χ3v) is 3.56. The maximum absolute atomic E-state index is 12.4. The molecule has 0 spiro atoms.